The van der Waals surface area contributed by atoms with E-state index in [1.54, 1.807) is 31.4 Å². The molecule has 0 bridgehead atoms. The molecule has 2 rings (SSSR count). The molecule has 1 aromatic carbocycles. The number of hydrogen-bond acceptors (Lipinski definition) is 3. The number of nitrogens with one attached hydrogen (secondary N) is 1. The second-order valence-corrected chi connectivity index (χ2v) is 4.99. The van der Waals surface area contributed by atoms with Crippen molar-refractivity contribution in [3.8, 4) is 5.75 Å². The molecule has 0 radical (unpaired) electrons. The van der Waals surface area contributed by atoms with Crippen molar-refractivity contribution < 1.29 is 13.9 Å². The van der Waals surface area contributed by atoms with E-state index in [0.29, 0.717) is 21.7 Å². The second-order valence-electron chi connectivity index (χ2n) is 3.41. The van der Waals surface area contributed by atoms with Gasteiger partial charge in [-0.3, -0.25) is 4.79 Å². The lowest BCUT2D eigenvalue weighted by atomic mass is 10.2. The van der Waals surface area contributed by atoms with Gasteiger partial charge in [0.15, 0.2) is 4.67 Å². The normalized spacial score (nSPS) is 10.2. The lowest BCUT2D eigenvalue weighted by Crippen LogP contribution is -2.11. The van der Waals surface area contributed by atoms with Crippen LogP contribution in [0.1, 0.15) is 10.4 Å². The first kappa shape index (κ1) is 13.2. The van der Waals surface area contributed by atoms with Gasteiger partial charge in [0.2, 0.25) is 0 Å². The summed E-state index contributed by atoms with van der Waals surface area (Å²) in [6.45, 7) is 0. The van der Waals surface area contributed by atoms with E-state index in [1.165, 1.54) is 6.26 Å². The van der Waals surface area contributed by atoms with Gasteiger partial charge in [-0.15, -0.1) is 0 Å². The van der Waals surface area contributed by atoms with Gasteiger partial charge in [0, 0.05) is 11.8 Å². The Morgan fingerprint density at radius 2 is 2.11 bits per heavy atom. The third-order valence-electron chi connectivity index (χ3n) is 2.27. The summed E-state index contributed by atoms with van der Waals surface area (Å²) < 4.78 is 11.4. The summed E-state index contributed by atoms with van der Waals surface area (Å²) in [6.07, 6.45) is 1.45. The molecule has 2 aromatic rings. The van der Waals surface area contributed by atoms with Crippen molar-refractivity contribution in [1.29, 1.82) is 0 Å². The quantitative estimate of drug-likeness (QED) is 0.881. The molecular weight excluding hydrogens is 366 g/mol. The molecule has 4 nitrogen and oxygen atoms in total. The van der Waals surface area contributed by atoms with Gasteiger partial charge in [-0.05, 0) is 50.1 Å². The van der Waals surface area contributed by atoms with E-state index in [-0.39, 0.29) is 5.91 Å². The molecule has 1 aromatic heterocycles. The smallest absolute Gasteiger partial charge is 0.260 e. The van der Waals surface area contributed by atoms with E-state index in [9.17, 15) is 4.79 Å². The molecule has 0 saturated carbocycles. The van der Waals surface area contributed by atoms with Crippen molar-refractivity contribution in [3.05, 3.63) is 45.2 Å². The first-order chi connectivity index (χ1) is 8.61. The Morgan fingerprint density at radius 3 is 2.72 bits per heavy atom. The number of hydrogen-bond donors (Lipinski definition) is 1. The Kier molecular flexibility index (Phi) is 4.08. The van der Waals surface area contributed by atoms with Crippen LogP contribution < -0.4 is 10.1 Å². The minimum Gasteiger partial charge on any atom is -0.495 e. The predicted molar refractivity (Wildman–Crippen MR) is 75.1 cm³/mol. The van der Waals surface area contributed by atoms with Crippen LogP contribution in [-0.4, -0.2) is 13.0 Å². The van der Waals surface area contributed by atoms with E-state index in [1.807, 2.05) is 0 Å². The standard InChI is InChI=1S/C12H9Br2NO3/c1-17-10-6-7(2-3-9(10)13)15-12(16)8-4-5-18-11(8)14/h2-6H,1H3,(H,15,16). The monoisotopic (exact) mass is 373 g/mol. The highest BCUT2D eigenvalue weighted by Gasteiger charge is 2.13. The van der Waals surface area contributed by atoms with Crippen LogP contribution in [0.2, 0.25) is 0 Å². The highest BCUT2D eigenvalue weighted by Crippen LogP contribution is 2.28. The van der Waals surface area contributed by atoms with Gasteiger partial charge in [-0.2, -0.15) is 0 Å². The Morgan fingerprint density at radius 1 is 1.33 bits per heavy atom. The fraction of sp³-hybridized carbons (Fsp3) is 0.0833. The number of benzene rings is 1. The Balaban J connectivity index is 2.20. The molecule has 0 atom stereocenters. The van der Waals surface area contributed by atoms with Crippen LogP contribution in [0.25, 0.3) is 0 Å². The predicted octanol–water partition coefficient (Wildman–Crippen LogP) is 4.07. The summed E-state index contributed by atoms with van der Waals surface area (Å²) in [5, 5.41) is 2.76. The minimum absolute atomic E-state index is 0.250. The lowest BCUT2D eigenvalue weighted by Gasteiger charge is -2.07. The van der Waals surface area contributed by atoms with Crippen molar-refractivity contribution in [2.45, 2.75) is 0 Å². The van der Waals surface area contributed by atoms with Gasteiger partial charge in [0.25, 0.3) is 5.91 Å². The maximum atomic E-state index is 11.9. The molecule has 18 heavy (non-hydrogen) atoms. The van der Waals surface area contributed by atoms with Gasteiger partial charge in [-0.25, -0.2) is 0 Å². The van der Waals surface area contributed by atoms with Crippen LogP contribution in [-0.2, 0) is 0 Å². The minimum atomic E-state index is -0.250. The van der Waals surface area contributed by atoms with E-state index < -0.39 is 0 Å². The lowest BCUT2D eigenvalue weighted by molar-refractivity contribution is 0.102. The topological polar surface area (TPSA) is 51.5 Å². The fourth-order valence-electron chi connectivity index (χ4n) is 1.39. The van der Waals surface area contributed by atoms with Crippen LogP contribution in [0.4, 0.5) is 5.69 Å². The average Bonchev–Trinajstić information content (AvgIpc) is 2.78. The van der Waals surface area contributed by atoms with Crippen LogP contribution in [0, 0.1) is 0 Å². The number of rotatable bonds is 3. The summed E-state index contributed by atoms with van der Waals surface area (Å²) in [5.74, 6) is 0.402. The van der Waals surface area contributed by atoms with E-state index >= 15 is 0 Å². The molecule has 0 spiro atoms. The zero-order valence-electron chi connectivity index (χ0n) is 9.37. The zero-order valence-corrected chi connectivity index (χ0v) is 12.5. The molecule has 1 N–H and O–H groups in total. The number of methoxy groups -OCH3 is 1. The van der Waals surface area contributed by atoms with Gasteiger partial charge >= 0.3 is 0 Å². The van der Waals surface area contributed by atoms with Crippen LogP contribution in [0.15, 0.2) is 44.1 Å². The molecular formula is C12H9Br2NO3. The first-order valence-electron chi connectivity index (χ1n) is 4.99. The number of furan rings is 1. The molecule has 1 amide bonds. The van der Waals surface area contributed by atoms with Gasteiger partial charge in [0.1, 0.15) is 5.75 Å². The van der Waals surface area contributed by atoms with Crippen molar-refractivity contribution in [1.82, 2.24) is 0 Å². The Bertz CT molecular complexity index is 580. The zero-order chi connectivity index (χ0) is 13.1. The third kappa shape index (κ3) is 2.76. The summed E-state index contributed by atoms with van der Waals surface area (Å²) in [5.41, 5.74) is 1.09. The van der Waals surface area contributed by atoms with Crippen molar-refractivity contribution in [2.75, 3.05) is 12.4 Å². The molecule has 0 aliphatic heterocycles. The number of carbonyl (C=O) groups is 1. The molecule has 0 fully saturated rings. The fourth-order valence-corrected chi connectivity index (χ4v) is 2.22. The van der Waals surface area contributed by atoms with E-state index in [4.69, 9.17) is 9.15 Å². The van der Waals surface area contributed by atoms with Crippen molar-refractivity contribution >= 4 is 43.5 Å². The molecule has 1 heterocycles. The van der Waals surface area contributed by atoms with E-state index in [2.05, 4.69) is 37.2 Å². The van der Waals surface area contributed by atoms with Gasteiger partial charge in [-0.1, -0.05) is 0 Å². The maximum Gasteiger partial charge on any atom is 0.260 e. The van der Waals surface area contributed by atoms with Crippen LogP contribution >= 0.6 is 31.9 Å². The van der Waals surface area contributed by atoms with Crippen LogP contribution in [0.3, 0.4) is 0 Å². The van der Waals surface area contributed by atoms with Crippen molar-refractivity contribution in [2.24, 2.45) is 0 Å². The number of anilines is 1. The molecule has 0 unspecified atom stereocenters. The number of ether oxygens (including phenoxy) is 1. The number of amides is 1. The van der Waals surface area contributed by atoms with Crippen molar-refractivity contribution in [3.63, 3.8) is 0 Å². The summed E-state index contributed by atoms with van der Waals surface area (Å²) in [6, 6.07) is 6.91. The van der Waals surface area contributed by atoms with Gasteiger partial charge in [0.05, 0.1) is 23.4 Å². The number of carbonyl (C=O) groups excluding carboxylic acids is 1. The molecule has 0 aliphatic rings. The SMILES string of the molecule is COc1cc(NC(=O)c2ccoc2Br)ccc1Br. The van der Waals surface area contributed by atoms with Crippen LogP contribution in [0.5, 0.6) is 5.75 Å². The summed E-state index contributed by atoms with van der Waals surface area (Å²) in [7, 11) is 1.57. The van der Waals surface area contributed by atoms with E-state index in [0.717, 1.165) is 4.47 Å². The Hall–Kier alpha value is -1.27. The summed E-state index contributed by atoms with van der Waals surface area (Å²) >= 11 is 6.51. The molecule has 0 aliphatic carbocycles. The highest BCUT2D eigenvalue weighted by atomic mass is 79.9. The Labute approximate surface area is 121 Å². The second kappa shape index (κ2) is 5.58. The molecule has 6 heteroatoms. The maximum absolute atomic E-state index is 11.9. The first-order valence-corrected chi connectivity index (χ1v) is 6.58. The third-order valence-corrected chi connectivity index (χ3v) is 3.54. The highest BCUT2D eigenvalue weighted by molar-refractivity contribution is 9.10. The largest absolute Gasteiger partial charge is 0.495 e. The summed E-state index contributed by atoms with van der Waals surface area (Å²) in [4.78, 5) is 11.9. The number of halogens is 2. The average molecular weight is 375 g/mol. The van der Waals surface area contributed by atoms with Gasteiger partial charge < -0.3 is 14.5 Å². The molecule has 94 valence electrons. The molecule has 0 saturated heterocycles.